The fraction of sp³-hybridized carbons (Fsp3) is 0.571. The quantitative estimate of drug-likeness (QED) is 0.586. The van der Waals surface area contributed by atoms with Crippen molar-refractivity contribution in [3.63, 3.8) is 0 Å². The summed E-state index contributed by atoms with van der Waals surface area (Å²) < 4.78 is 38.7. The summed E-state index contributed by atoms with van der Waals surface area (Å²) in [6.07, 6.45) is -2.23. The van der Waals surface area contributed by atoms with E-state index in [4.69, 9.17) is 11.1 Å². The molecule has 29 heavy (non-hydrogen) atoms. The Balaban J connectivity index is 1.69. The number of hydrogen-bond acceptors (Lipinski definition) is 2. The molecule has 3 atom stereocenters. The zero-order valence-electron chi connectivity index (χ0n) is 16.7. The lowest BCUT2D eigenvalue weighted by molar-refractivity contribution is -0.187. The van der Waals surface area contributed by atoms with Crippen molar-refractivity contribution in [3.05, 3.63) is 35.9 Å². The largest absolute Gasteiger partial charge is 0.400 e. The average molecular weight is 408 g/mol. The number of hydrogen-bond donors (Lipinski definition) is 2. The molecule has 2 aliphatic rings. The molecule has 1 aliphatic heterocycles. The maximum atomic E-state index is 12.9. The van der Waals surface area contributed by atoms with Gasteiger partial charge in [-0.15, -0.1) is 0 Å². The van der Waals surface area contributed by atoms with Gasteiger partial charge in [0, 0.05) is 24.1 Å². The number of nitrogens with zero attached hydrogens (tertiary/aromatic N) is 2. The van der Waals surface area contributed by atoms with Gasteiger partial charge < -0.3 is 10.6 Å². The summed E-state index contributed by atoms with van der Waals surface area (Å²) in [5, 5.41) is 8.20. The minimum Gasteiger partial charge on any atom is -0.387 e. The first-order valence-corrected chi connectivity index (χ1v) is 9.90. The monoisotopic (exact) mass is 408 g/mol. The standard InChI is InChI=1S/C21H27F3N4O/c1-13-12-28(18(29)14(2)21(22,23)24)11-8-16(13)20(9-10-20)19(26)27-17(25)15-6-4-3-5-7-15/h3-7,13-14,16H,8-12H2,1-2H3,(H3,25,26,27)/t13-,14+,16+/m1/s1. The van der Waals surface area contributed by atoms with Gasteiger partial charge in [-0.2, -0.15) is 13.2 Å². The van der Waals surface area contributed by atoms with Crippen LogP contribution in [0.2, 0.25) is 0 Å². The number of amides is 1. The predicted octanol–water partition coefficient (Wildman–Crippen LogP) is 3.83. The van der Waals surface area contributed by atoms with Crippen LogP contribution in [0.5, 0.6) is 0 Å². The molecular weight excluding hydrogens is 381 g/mol. The highest BCUT2D eigenvalue weighted by atomic mass is 19.4. The molecule has 3 rings (SSSR count). The van der Waals surface area contributed by atoms with Crippen LogP contribution >= 0.6 is 0 Å². The maximum Gasteiger partial charge on any atom is 0.400 e. The second-order valence-corrected chi connectivity index (χ2v) is 8.29. The van der Waals surface area contributed by atoms with E-state index in [1.54, 1.807) is 12.1 Å². The molecule has 0 aromatic heterocycles. The number of nitrogens with two attached hydrogens (primary N) is 1. The van der Waals surface area contributed by atoms with Gasteiger partial charge in [-0.1, -0.05) is 37.3 Å². The predicted molar refractivity (Wildman–Crippen MR) is 106 cm³/mol. The lowest BCUT2D eigenvalue weighted by Crippen LogP contribution is -2.50. The number of aliphatic imine (C=N–C) groups is 1. The first-order valence-electron chi connectivity index (χ1n) is 9.90. The number of carbonyl (C=O) groups excluding carboxylic acids is 1. The topological polar surface area (TPSA) is 82.5 Å². The lowest BCUT2D eigenvalue weighted by atomic mass is 9.74. The highest BCUT2D eigenvalue weighted by molar-refractivity contribution is 6.06. The molecule has 1 amide bonds. The first kappa shape index (κ1) is 21.3. The van der Waals surface area contributed by atoms with Crippen LogP contribution < -0.4 is 5.73 Å². The Morgan fingerprint density at radius 2 is 1.93 bits per heavy atom. The van der Waals surface area contributed by atoms with E-state index in [1.807, 2.05) is 25.1 Å². The summed E-state index contributed by atoms with van der Waals surface area (Å²) in [5.74, 6) is -2.17. The molecule has 1 aromatic rings. The Morgan fingerprint density at radius 3 is 2.45 bits per heavy atom. The number of alkyl halides is 3. The number of halogens is 3. The molecule has 1 saturated carbocycles. The zero-order valence-corrected chi connectivity index (χ0v) is 16.7. The molecule has 1 aliphatic carbocycles. The molecule has 2 fully saturated rings. The van der Waals surface area contributed by atoms with Crippen LogP contribution in [-0.2, 0) is 4.79 Å². The Hall–Kier alpha value is -2.38. The van der Waals surface area contributed by atoms with Crippen molar-refractivity contribution in [2.75, 3.05) is 13.1 Å². The van der Waals surface area contributed by atoms with Gasteiger partial charge in [0.15, 0.2) is 5.84 Å². The van der Waals surface area contributed by atoms with E-state index in [0.717, 1.165) is 19.8 Å². The van der Waals surface area contributed by atoms with Crippen molar-refractivity contribution in [3.8, 4) is 0 Å². The number of likely N-dealkylation sites (tertiary alicyclic amines) is 1. The molecule has 0 unspecified atom stereocenters. The molecule has 5 nitrogen and oxygen atoms in total. The summed E-state index contributed by atoms with van der Waals surface area (Å²) in [6, 6.07) is 9.13. The third-order valence-electron chi connectivity index (χ3n) is 6.37. The van der Waals surface area contributed by atoms with E-state index in [-0.39, 0.29) is 29.6 Å². The first-order chi connectivity index (χ1) is 13.6. The van der Waals surface area contributed by atoms with Crippen molar-refractivity contribution < 1.29 is 18.0 Å². The number of benzene rings is 1. The average Bonchev–Trinajstić information content (AvgIpc) is 3.48. The smallest absolute Gasteiger partial charge is 0.387 e. The van der Waals surface area contributed by atoms with Crippen LogP contribution in [0, 0.1) is 28.6 Å². The molecule has 0 radical (unpaired) electrons. The second kappa shape index (κ2) is 7.80. The number of rotatable bonds is 4. The van der Waals surface area contributed by atoms with E-state index in [2.05, 4.69) is 4.99 Å². The van der Waals surface area contributed by atoms with Crippen LogP contribution in [0.4, 0.5) is 13.2 Å². The SMILES string of the molecule is C[C@@H]1CN(C(=O)[C@H](C)C(F)(F)F)CC[C@@H]1C1(C(N)=NC(=N)c2ccccc2)CC1. The Bertz CT molecular complexity index is 802. The Labute approximate surface area is 168 Å². The van der Waals surface area contributed by atoms with Gasteiger partial charge >= 0.3 is 6.18 Å². The van der Waals surface area contributed by atoms with Gasteiger partial charge in [-0.3, -0.25) is 10.2 Å². The van der Waals surface area contributed by atoms with E-state index in [0.29, 0.717) is 24.4 Å². The van der Waals surface area contributed by atoms with Gasteiger partial charge in [-0.05, 0) is 38.0 Å². The molecule has 1 aromatic carbocycles. The van der Waals surface area contributed by atoms with E-state index in [1.165, 1.54) is 4.90 Å². The summed E-state index contributed by atoms with van der Waals surface area (Å²) in [4.78, 5) is 17.9. The van der Waals surface area contributed by atoms with Gasteiger partial charge in [0.1, 0.15) is 11.8 Å². The van der Waals surface area contributed by atoms with Crippen molar-refractivity contribution in [2.45, 2.75) is 39.3 Å². The summed E-state index contributed by atoms with van der Waals surface area (Å²) in [6.45, 7) is 3.45. The minimum atomic E-state index is -4.52. The van der Waals surface area contributed by atoms with Gasteiger partial charge in [-0.25, -0.2) is 4.99 Å². The van der Waals surface area contributed by atoms with E-state index >= 15 is 0 Å². The zero-order chi connectivity index (χ0) is 21.4. The third kappa shape index (κ3) is 4.31. The molecule has 8 heteroatoms. The molecule has 0 spiro atoms. The van der Waals surface area contributed by atoms with Crippen LogP contribution in [-0.4, -0.2) is 41.7 Å². The van der Waals surface area contributed by atoms with Crippen LogP contribution in [0.1, 0.15) is 38.7 Å². The van der Waals surface area contributed by atoms with Crippen molar-refractivity contribution in [1.82, 2.24) is 4.90 Å². The highest BCUT2D eigenvalue weighted by Gasteiger charge is 2.56. The van der Waals surface area contributed by atoms with Gasteiger partial charge in [0.25, 0.3) is 0 Å². The van der Waals surface area contributed by atoms with Crippen LogP contribution in [0.25, 0.3) is 0 Å². The molecular formula is C21H27F3N4O. The van der Waals surface area contributed by atoms with Crippen LogP contribution in [0.3, 0.4) is 0 Å². The Morgan fingerprint density at radius 1 is 1.31 bits per heavy atom. The summed E-state index contributed by atoms with van der Waals surface area (Å²) >= 11 is 0. The van der Waals surface area contributed by atoms with Crippen LogP contribution in [0.15, 0.2) is 35.3 Å². The molecule has 3 N–H and O–H groups in total. The summed E-state index contributed by atoms with van der Waals surface area (Å²) in [7, 11) is 0. The Kier molecular flexibility index (Phi) is 5.74. The van der Waals surface area contributed by atoms with Crippen molar-refractivity contribution in [2.24, 2.45) is 33.9 Å². The third-order valence-corrected chi connectivity index (χ3v) is 6.37. The normalized spacial score (nSPS) is 25.4. The molecule has 158 valence electrons. The van der Waals surface area contributed by atoms with Crippen molar-refractivity contribution in [1.29, 1.82) is 5.41 Å². The van der Waals surface area contributed by atoms with E-state index in [9.17, 15) is 18.0 Å². The summed E-state index contributed by atoms with van der Waals surface area (Å²) in [5.41, 5.74) is 6.69. The number of piperidine rings is 1. The minimum absolute atomic E-state index is 0.00953. The van der Waals surface area contributed by atoms with E-state index < -0.39 is 18.0 Å². The molecule has 1 heterocycles. The fourth-order valence-electron chi connectivity index (χ4n) is 4.42. The van der Waals surface area contributed by atoms with Crippen molar-refractivity contribution >= 4 is 17.6 Å². The highest BCUT2D eigenvalue weighted by Crippen LogP contribution is 2.57. The second-order valence-electron chi connectivity index (χ2n) is 8.29. The molecule has 0 bridgehead atoms. The van der Waals surface area contributed by atoms with Gasteiger partial charge in [0.05, 0.1) is 0 Å². The fourth-order valence-corrected chi connectivity index (χ4v) is 4.42. The number of amidine groups is 2. The maximum absolute atomic E-state index is 12.9. The molecule has 1 saturated heterocycles. The number of carbonyl (C=O) groups is 1. The number of nitrogens with one attached hydrogen (secondary N) is 1. The lowest BCUT2D eigenvalue weighted by Gasteiger charge is -2.41. The van der Waals surface area contributed by atoms with Gasteiger partial charge in [0.2, 0.25) is 5.91 Å².